The number of pyridine rings is 1. The van der Waals surface area contributed by atoms with Crippen molar-refractivity contribution in [2.24, 2.45) is 0 Å². The van der Waals surface area contributed by atoms with Crippen molar-refractivity contribution < 1.29 is 0 Å². The standard InChI is InChI=1S/C28H37N3/c1-8-10-12-14-24-17-23(15-16-28(24)30(5)6)26-18-27(20-29-19-26)25(13-11-9-2)21-31(7)22(3)4/h8-9,11,13,15-22H,1-2,10,12,14H2,3-7H3/b13-11-,25-21+. The molecule has 0 atom stereocenters. The highest BCUT2D eigenvalue weighted by Crippen LogP contribution is 2.29. The van der Waals surface area contributed by atoms with Crippen molar-refractivity contribution in [1.29, 1.82) is 0 Å². The summed E-state index contributed by atoms with van der Waals surface area (Å²) in [5.41, 5.74) is 7.15. The Kier molecular flexibility index (Phi) is 9.33. The molecule has 0 radical (unpaired) electrons. The van der Waals surface area contributed by atoms with Crippen LogP contribution in [0.3, 0.4) is 0 Å². The lowest BCUT2D eigenvalue weighted by Gasteiger charge is -2.20. The molecule has 0 fully saturated rings. The fourth-order valence-electron chi connectivity index (χ4n) is 3.35. The molecular formula is C28H37N3. The second kappa shape index (κ2) is 11.9. The van der Waals surface area contributed by atoms with Gasteiger partial charge in [0, 0.05) is 62.6 Å². The first-order chi connectivity index (χ1) is 14.9. The maximum absolute atomic E-state index is 4.56. The zero-order chi connectivity index (χ0) is 22.8. The van der Waals surface area contributed by atoms with Crippen LogP contribution in [-0.2, 0) is 6.42 Å². The van der Waals surface area contributed by atoms with E-state index < -0.39 is 0 Å². The van der Waals surface area contributed by atoms with E-state index in [9.17, 15) is 0 Å². The predicted molar refractivity (Wildman–Crippen MR) is 137 cm³/mol. The Bertz CT molecular complexity index is 935. The smallest absolute Gasteiger partial charge is 0.0393 e. The fourth-order valence-corrected chi connectivity index (χ4v) is 3.35. The van der Waals surface area contributed by atoms with Crippen molar-refractivity contribution in [1.82, 2.24) is 9.88 Å². The number of benzene rings is 1. The van der Waals surface area contributed by atoms with Crippen LogP contribution in [0, 0.1) is 0 Å². The van der Waals surface area contributed by atoms with Crippen LogP contribution in [0.1, 0.15) is 37.8 Å². The third kappa shape index (κ3) is 6.99. The number of unbranched alkanes of at least 4 members (excludes halogenated alkanes) is 1. The first kappa shape index (κ1) is 24.2. The van der Waals surface area contributed by atoms with Crippen molar-refractivity contribution in [3.63, 3.8) is 0 Å². The minimum absolute atomic E-state index is 0.417. The maximum atomic E-state index is 4.56. The molecule has 2 aromatic rings. The SMILES string of the molecule is C=C/C=C\C(=C/N(C)C(C)C)c1cncc(-c2ccc(N(C)C)c(CCCC=C)c2)c1. The van der Waals surface area contributed by atoms with Gasteiger partial charge < -0.3 is 9.80 Å². The average molecular weight is 416 g/mol. The van der Waals surface area contributed by atoms with Gasteiger partial charge in [-0.15, -0.1) is 6.58 Å². The summed E-state index contributed by atoms with van der Waals surface area (Å²) in [5.74, 6) is 0. The summed E-state index contributed by atoms with van der Waals surface area (Å²) in [4.78, 5) is 8.95. The van der Waals surface area contributed by atoms with Crippen molar-refractivity contribution in [3.8, 4) is 11.1 Å². The van der Waals surface area contributed by atoms with Crippen LogP contribution in [0.5, 0.6) is 0 Å². The van der Waals surface area contributed by atoms with Crippen LogP contribution in [0.4, 0.5) is 5.69 Å². The van der Waals surface area contributed by atoms with E-state index in [0.717, 1.165) is 36.0 Å². The number of hydrogen-bond donors (Lipinski definition) is 0. The van der Waals surface area contributed by atoms with Gasteiger partial charge in [0.25, 0.3) is 0 Å². The summed E-state index contributed by atoms with van der Waals surface area (Å²) in [6, 6.07) is 9.35. The monoisotopic (exact) mass is 415 g/mol. The molecule has 164 valence electrons. The predicted octanol–water partition coefficient (Wildman–Crippen LogP) is 6.75. The van der Waals surface area contributed by atoms with Crippen LogP contribution in [0.25, 0.3) is 16.7 Å². The van der Waals surface area contributed by atoms with Gasteiger partial charge >= 0.3 is 0 Å². The second-order valence-corrected chi connectivity index (χ2v) is 8.32. The van der Waals surface area contributed by atoms with Crippen molar-refractivity contribution in [3.05, 3.63) is 91.4 Å². The molecule has 2 rings (SSSR count). The Labute approximate surface area is 189 Å². The number of nitrogens with zero attached hydrogens (tertiary/aromatic N) is 3. The molecule has 0 unspecified atom stereocenters. The number of hydrogen-bond acceptors (Lipinski definition) is 3. The molecule has 0 aliphatic rings. The largest absolute Gasteiger partial charge is 0.377 e. The Balaban J connectivity index is 2.47. The highest BCUT2D eigenvalue weighted by Gasteiger charge is 2.10. The van der Waals surface area contributed by atoms with Crippen LogP contribution in [0.15, 0.2) is 80.3 Å². The first-order valence-electron chi connectivity index (χ1n) is 11.0. The summed E-state index contributed by atoms with van der Waals surface area (Å²) >= 11 is 0. The molecule has 1 aromatic heterocycles. The lowest BCUT2D eigenvalue weighted by molar-refractivity contribution is 0.377. The summed E-state index contributed by atoms with van der Waals surface area (Å²) in [6.45, 7) is 12.0. The van der Waals surface area contributed by atoms with Gasteiger partial charge in [0.1, 0.15) is 0 Å². The van der Waals surface area contributed by atoms with E-state index in [0.29, 0.717) is 6.04 Å². The molecular weight excluding hydrogens is 378 g/mol. The third-order valence-corrected chi connectivity index (χ3v) is 5.39. The van der Waals surface area contributed by atoms with Crippen LogP contribution in [0.2, 0.25) is 0 Å². The summed E-state index contributed by atoms with van der Waals surface area (Å²) in [5, 5.41) is 0. The van der Waals surface area contributed by atoms with Gasteiger partial charge in [0.2, 0.25) is 0 Å². The van der Waals surface area contributed by atoms with E-state index >= 15 is 0 Å². The van der Waals surface area contributed by atoms with Gasteiger partial charge in [-0.2, -0.15) is 0 Å². The molecule has 3 heteroatoms. The molecule has 1 aromatic carbocycles. The van der Waals surface area contributed by atoms with E-state index in [1.807, 2.05) is 24.5 Å². The fraction of sp³-hybridized carbons (Fsp3) is 0.321. The molecule has 0 bridgehead atoms. The summed E-state index contributed by atoms with van der Waals surface area (Å²) in [7, 11) is 6.30. The van der Waals surface area contributed by atoms with Gasteiger partial charge in [-0.3, -0.25) is 4.98 Å². The normalized spacial score (nSPS) is 11.7. The average Bonchev–Trinajstić information content (AvgIpc) is 2.76. The number of allylic oxidation sites excluding steroid dienone is 5. The van der Waals surface area contributed by atoms with E-state index in [-0.39, 0.29) is 0 Å². The van der Waals surface area contributed by atoms with Gasteiger partial charge in [-0.25, -0.2) is 0 Å². The van der Waals surface area contributed by atoms with E-state index in [2.05, 4.69) is 99.5 Å². The molecule has 0 saturated heterocycles. The van der Waals surface area contributed by atoms with Crippen LogP contribution in [-0.4, -0.2) is 37.1 Å². The Morgan fingerprint density at radius 3 is 2.48 bits per heavy atom. The number of aryl methyl sites for hydroxylation is 1. The first-order valence-corrected chi connectivity index (χ1v) is 11.0. The minimum atomic E-state index is 0.417. The molecule has 0 spiro atoms. The van der Waals surface area contributed by atoms with Gasteiger partial charge in [-0.1, -0.05) is 36.9 Å². The van der Waals surface area contributed by atoms with Crippen LogP contribution >= 0.6 is 0 Å². The summed E-state index contributed by atoms with van der Waals surface area (Å²) < 4.78 is 0. The highest BCUT2D eigenvalue weighted by molar-refractivity contribution is 5.78. The number of rotatable bonds is 11. The topological polar surface area (TPSA) is 19.4 Å². The Hall–Kier alpha value is -3.07. The molecule has 0 saturated carbocycles. The van der Waals surface area contributed by atoms with E-state index in [4.69, 9.17) is 0 Å². The lowest BCUT2D eigenvalue weighted by Crippen LogP contribution is -2.20. The van der Waals surface area contributed by atoms with Crippen molar-refractivity contribution >= 4 is 11.3 Å². The molecule has 0 aliphatic heterocycles. The molecule has 1 heterocycles. The zero-order valence-corrected chi connectivity index (χ0v) is 19.8. The second-order valence-electron chi connectivity index (χ2n) is 8.32. The van der Waals surface area contributed by atoms with Crippen LogP contribution < -0.4 is 4.90 Å². The Morgan fingerprint density at radius 2 is 1.84 bits per heavy atom. The zero-order valence-electron chi connectivity index (χ0n) is 19.8. The van der Waals surface area contributed by atoms with Gasteiger partial charge in [-0.05, 0) is 68.0 Å². The van der Waals surface area contributed by atoms with Gasteiger partial charge in [0.15, 0.2) is 0 Å². The van der Waals surface area contributed by atoms with E-state index in [1.165, 1.54) is 16.8 Å². The number of anilines is 1. The van der Waals surface area contributed by atoms with E-state index in [1.54, 1.807) is 6.08 Å². The number of aromatic nitrogens is 1. The highest BCUT2D eigenvalue weighted by atomic mass is 15.1. The minimum Gasteiger partial charge on any atom is -0.377 e. The summed E-state index contributed by atoms with van der Waals surface area (Å²) in [6.07, 6.45) is 17.1. The quantitative estimate of drug-likeness (QED) is 0.230. The van der Waals surface area contributed by atoms with Gasteiger partial charge in [0.05, 0.1) is 0 Å². The maximum Gasteiger partial charge on any atom is 0.0393 e. The molecule has 0 aliphatic carbocycles. The Morgan fingerprint density at radius 1 is 1.06 bits per heavy atom. The third-order valence-electron chi connectivity index (χ3n) is 5.39. The lowest BCUT2D eigenvalue weighted by atomic mass is 9.97. The molecule has 3 nitrogen and oxygen atoms in total. The molecule has 0 N–H and O–H groups in total. The van der Waals surface area contributed by atoms with Crippen molar-refractivity contribution in [2.75, 3.05) is 26.0 Å². The molecule has 31 heavy (non-hydrogen) atoms. The van der Waals surface area contributed by atoms with Crippen molar-refractivity contribution in [2.45, 2.75) is 39.2 Å². The molecule has 0 amide bonds.